The van der Waals surface area contributed by atoms with E-state index in [2.05, 4.69) is 15.2 Å². The number of nitrogens with two attached hydrogens (primary N) is 1. The van der Waals surface area contributed by atoms with Crippen molar-refractivity contribution in [1.29, 1.82) is 0 Å². The molecule has 0 spiro atoms. The van der Waals surface area contributed by atoms with Crippen molar-refractivity contribution in [1.82, 2.24) is 14.8 Å². The fourth-order valence-electron chi connectivity index (χ4n) is 1.37. The minimum atomic E-state index is 0. The van der Waals surface area contributed by atoms with E-state index in [9.17, 15) is 0 Å². The number of amidine groups is 1. The summed E-state index contributed by atoms with van der Waals surface area (Å²) >= 11 is 11.8. The van der Waals surface area contributed by atoms with E-state index in [1.165, 1.54) is 6.33 Å². The summed E-state index contributed by atoms with van der Waals surface area (Å²) in [6.07, 6.45) is 2.99. The molecule has 0 saturated heterocycles. The van der Waals surface area contributed by atoms with Crippen LogP contribution in [-0.4, -0.2) is 20.6 Å². The van der Waals surface area contributed by atoms with Crippen LogP contribution in [0, 0.1) is 0 Å². The van der Waals surface area contributed by atoms with Gasteiger partial charge in [0.25, 0.3) is 0 Å². The van der Waals surface area contributed by atoms with E-state index in [0.717, 1.165) is 5.56 Å². The summed E-state index contributed by atoms with van der Waals surface area (Å²) in [6, 6.07) is 5.19. The highest BCUT2D eigenvalue weighted by atomic mass is 35.5. The summed E-state index contributed by atoms with van der Waals surface area (Å²) in [5.74, 6) is 0.413. The van der Waals surface area contributed by atoms with Crippen LogP contribution in [0.1, 0.15) is 5.56 Å². The Labute approximate surface area is 131 Å². The van der Waals surface area contributed by atoms with Crippen LogP contribution in [-0.2, 0) is 18.0 Å². The Morgan fingerprint density at radius 2 is 2.20 bits per heavy atom. The normalized spacial score (nSPS) is 11.0. The molecule has 108 valence electrons. The number of hydrogen-bond donors (Lipinski definition) is 2. The lowest BCUT2D eigenvalue weighted by molar-refractivity contribution is -0.760. The number of nitrogens with one attached hydrogen (secondary N) is 1. The van der Waals surface area contributed by atoms with Crippen LogP contribution in [0.15, 0.2) is 30.9 Å². The molecular formula is C11H12Cl3N5O. The molecule has 0 aliphatic heterocycles. The van der Waals surface area contributed by atoms with Gasteiger partial charge < -0.3 is 17.2 Å². The number of hydrogen-bond acceptors (Lipinski definition) is 3. The van der Waals surface area contributed by atoms with E-state index in [1.807, 2.05) is 0 Å². The average Bonchev–Trinajstić information content (AvgIpc) is 2.84. The van der Waals surface area contributed by atoms with Crippen LogP contribution in [0.5, 0.6) is 0 Å². The molecule has 0 saturated carbocycles. The Hall–Kier alpha value is -1.50. The van der Waals surface area contributed by atoms with Crippen LogP contribution in [0.4, 0.5) is 0 Å². The largest absolute Gasteiger partial charge is 1.00 e. The van der Waals surface area contributed by atoms with Crippen LogP contribution in [0.2, 0.25) is 10.0 Å². The smallest absolute Gasteiger partial charge is 0.301 e. The summed E-state index contributed by atoms with van der Waals surface area (Å²) < 4.78 is 1.57. The van der Waals surface area contributed by atoms with Gasteiger partial charge in [-0.05, 0) is 12.1 Å². The molecule has 0 aliphatic rings. The lowest BCUT2D eigenvalue weighted by atomic mass is 10.2. The molecule has 1 heterocycles. The molecule has 2 aromatic rings. The molecule has 9 heteroatoms. The van der Waals surface area contributed by atoms with Gasteiger partial charge in [-0.3, -0.25) is 5.73 Å². The van der Waals surface area contributed by atoms with Crippen LogP contribution < -0.4 is 23.3 Å². The molecule has 0 radical (unpaired) electrons. The molecule has 2 rings (SSSR count). The minimum absolute atomic E-state index is 0. The third-order valence-corrected chi connectivity index (χ3v) is 2.83. The Morgan fingerprint density at radius 1 is 1.40 bits per heavy atom. The number of aromatic nitrogens is 3. The van der Waals surface area contributed by atoms with Gasteiger partial charge in [-0.25, -0.2) is 9.67 Å². The molecule has 0 atom stereocenters. The summed E-state index contributed by atoms with van der Waals surface area (Å²) in [4.78, 5) is 9.06. The number of halogens is 3. The van der Waals surface area contributed by atoms with Gasteiger partial charge in [0.15, 0.2) is 6.61 Å². The number of rotatable bonds is 5. The van der Waals surface area contributed by atoms with Crippen molar-refractivity contribution in [3.05, 3.63) is 46.5 Å². The second-order valence-electron chi connectivity index (χ2n) is 3.74. The topological polar surface area (TPSA) is 79.9 Å². The van der Waals surface area contributed by atoms with Gasteiger partial charge in [0.05, 0.1) is 0 Å². The molecule has 3 N–H and O–H groups in total. The zero-order valence-electron chi connectivity index (χ0n) is 10.3. The first-order valence-electron chi connectivity index (χ1n) is 5.40. The molecule has 1 aromatic heterocycles. The summed E-state index contributed by atoms with van der Waals surface area (Å²) in [6.45, 7) is 0.641. The van der Waals surface area contributed by atoms with Crippen molar-refractivity contribution in [2.45, 2.75) is 13.2 Å². The van der Waals surface area contributed by atoms with Crippen LogP contribution >= 0.6 is 23.2 Å². The third kappa shape index (κ3) is 4.88. The van der Waals surface area contributed by atoms with E-state index in [-0.39, 0.29) is 19.0 Å². The Bertz CT molecular complexity index is 573. The molecule has 0 bridgehead atoms. The Balaban J connectivity index is 0.00000200. The van der Waals surface area contributed by atoms with Crippen molar-refractivity contribution in [3.8, 4) is 0 Å². The van der Waals surface area contributed by atoms with Crippen molar-refractivity contribution in [2.75, 3.05) is 0 Å². The quantitative estimate of drug-likeness (QED) is 0.350. The third-order valence-electron chi connectivity index (χ3n) is 2.24. The van der Waals surface area contributed by atoms with Gasteiger partial charge in [0.1, 0.15) is 19.2 Å². The van der Waals surface area contributed by atoms with Gasteiger partial charge >= 0.3 is 5.84 Å². The van der Waals surface area contributed by atoms with Gasteiger partial charge in [0.2, 0.25) is 0 Å². The molecule has 0 unspecified atom stereocenters. The molecule has 0 amide bonds. The maximum atomic E-state index is 6.01. The van der Waals surface area contributed by atoms with E-state index in [1.54, 1.807) is 29.2 Å². The van der Waals surface area contributed by atoms with E-state index in [4.69, 9.17) is 33.8 Å². The predicted molar refractivity (Wildman–Crippen MR) is 71.4 cm³/mol. The zero-order chi connectivity index (χ0) is 13.7. The predicted octanol–water partition coefficient (Wildman–Crippen LogP) is -2.84. The minimum Gasteiger partial charge on any atom is -1.00 e. The van der Waals surface area contributed by atoms with E-state index >= 15 is 0 Å². The SMILES string of the molecule is NC(Cn1cncn1)=[NH+]OCc1ccc(Cl)cc1Cl.[Cl-]. The fraction of sp³-hybridized carbons (Fsp3) is 0.182. The molecule has 0 aliphatic carbocycles. The molecule has 20 heavy (non-hydrogen) atoms. The average molecular weight is 337 g/mol. The highest BCUT2D eigenvalue weighted by Gasteiger charge is 2.04. The standard InChI is InChI=1S/C11H11Cl2N5O.ClH/c12-9-2-1-8(10(13)3-9)5-19-17-11(14)4-18-7-15-6-16-18;/h1-3,6-7H,4-5H2,(H2,14,17);1H. The van der Waals surface area contributed by atoms with Gasteiger partial charge in [-0.15, -0.1) is 0 Å². The zero-order valence-corrected chi connectivity index (χ0v) is 12.5. The summed E-state index contributed by atoms with van der Waals surface area (Å²) in [5.41, 5.74) is 6.54. The first-order chi connectivity index (χ1) is 9.15. The van der Waals surface area contributed by atoms with Gasteiger partial charge in [-0.2, -0.15) is 5.10 Å². The number of nitrogens with zero attached hydrogens (tertiary/aromatic N) is 3. The second-order valence-corrected chi connectivity index (χ2v) is 4.59. The first-order valence-corrected chi connectivity index (χ1v) is 6.16. The number of benzene rings is 1. The first kappa shape index (κ1) is 16.6. The second kappa shape index (κ2) is 7.94. The maximum absolute atomic E-state index is 6.01. The molecule has 6 nitrogen and oxygen atoms in total. The van der Waals surface area contributed by atoms with E-state index in [0.29, 0.717) is 22.4 Å². The van der Waals surface area contributed by atoms with Gasteiger partial charge in [0, 0.05) is 15.6 Å². The lowest BCUT2D eigenvalue weighted by Gasteiger charge is -2.02. The van der Waals surface area contributed by atoms with E-state index < -0.39 is 0 Å². The van der Waals surface area contributed by atoms with Gasteiger partial charge in [-0.1, -0.05) is 34.4 Å². The molecular weight excluding hydrogens is 325 g/mol. The van der Waals surface area contributed by atoms with Crippen molar-refractivity contribution in [3.63, 3.8) is 0 Å². The lowest BCUT2D eigenvalue weighted by Crippen LogP contribution is -3.00. The van der Waals surface area contributed by atoms with Crippen LogP contribution in [0.25, 0.3) is 0 Å². The maximum Gasteiger partial charge on any atom is 0.301 e. The highest BCUT2D eigenvalue weighted by Crippen LogP contribution is 2.20. The molecule has 1 aromatic carbocycles. The summed E-state index contributed by atoms with van der Waals surface area (Å²) in [7, 11) is 0. The molecule has 0 fully saturated rings. The Kier molecular flexibility index (Phi) is 6.57. The summed E-state index contributed by atoms with van der Waals surface area (Å²) in [5, 5.41) is 7.67. The Morgan fingerprint density at radius 3 is 2.85 bits per heavy atom. The fourth-order valence-corrected chi connectivity index (χ4v) is 1.83. The van der Waals surface area contributed by atoms with Crippen molar-refractivity contribution < 1.29 is 22.4 Å². The van der Waals surface area contributed by atoms with Crippen molar-refractivity contribution in [2.24, 2.45) is 5.73 Å². The monoisotopic (exact) mass is 335 g/mol. The van der Waals surface area contributed by atoms with Crippen LogP contribution in [0.3, 0.4) is 0 Å². The van der Waals surface area contributed by atoms with Crippen molar-refractivity contribution >= 4 is 29.0 Å². The highest BCUT2D eigenvalue weighted by molar-refractivity contribution is 6.35.